The van der Waals surface area contributed by atoms with Crippen LogP contribution in [0, 0.1) is 0 Å². The first-order chi connectivity index (χ1) is 13.0. The molecule has 0 aliphatic rings. The van der Waals surface area contributed by atoms with Gasteiger partial charge in [0.15, 0.2) is 17.1 Å². The Morgan fingerprint density at radius 2 is 2.07 bits per heavy atom. The molecule has 27 heavy (non-hydrogen) atoms. The molecule has 136 valence electrons. The van der Waals surface area contributed by atoms with Crippen LogP contribution >= 0.6 is 0 Å². The van der Waals surface area contributed by atoms with Gasteiger partial charge >= 0.3 is 5.97 Å². The molecule has 0 fully saturated rings. The summed E-state index contributed by atoms with van der Waals surface area (Å²) in [7, 11) is 1.80. The monoisotopic (exact) mass is 366 g/mol. The van der Waals surface area contributed by atoms with Gasteiger partial charge in [-0.3, -0.25) is 14.3 Å². The van der Waals surface area contributed by atoms with E-state index in [1.165, 1.54) is 10.8 Å². The minimum absolute atomic E-state index is 0.186. The first-order valence-corrected chi connectivity index (χ1v) is 7.94. The number of aromatic nitrogens is 5. The van der Waals surface area contributed by atoms with E-state index in [4.69, 9.17) is 5.11 Å². The van der Waals surface area contributed by atoms with Crippen LogP contribution in [-0.2, 0) is 11.8 Å². The Morgan fingerprint density at radius 1 is 1.26 bits per heavy atom. The maximum atomic E-state index is 12.4. The minimum atomic E-state index is -1.20. The molecule has 10 nitrogen and oxygen atoms in total. The minimum Gasteiger partial charge on any atom is -0.505 e. The number of aryl methyl sites for hydroxylation is 1. The van der Waals surface area contributed by atoms with Crippen molar-refractivity contribution in [3.05, 3.63) is 42.5 Å². The summed E-state index contributed by atoms with van der Waals surface area (Å²) in [5, 5.41) is 31.1. The Morgan fingerprint density at radius 3 is 2.78 bits per heavy atom. The van der Waals surface area contributed by atoms with Gasteiger partial charge in [-0.1, -0.05) is 18.2 Å². The van der Waals surface area contributed by atoms with Crippen molar-refractivity contribution in [1.82, 2.24) is 29.7 Å². The van der Waals surface area contributed by atoms with Gasteiger partial charge in [-0.2, -0.15) is 10.2 Å². The molecule has 0 unspecified atom stereocenters. The molecule has 4 aromatic rings. The van der Waals surface area contributed by atoms with Crippen molar-refractivity contribution in [3.8, 4) is 17.0 Å². The molecule has 1 aromatic carbocycles. The Hall–Kier alpha value is -3.95. The predicted molar refractivity (Wildman–Crippen MR) is 94.3 cm³/mol. The normalized spacial score (nSPS) is 11.1. The second-order valence-corrected chi connectivity index (χ2v) is 5.87. The van der Waals surface area contributed by atoms with E-state index >= 15 is 0 Å². The van der Waals surface area contributed by atoms with Gasteiger partial charge in [0.1, 0.15) is 12.9 Å². The molecule has 3 aromatic heterocycles. The highest BCUT2D eigenvalue weighted by atomic mass is 16.4. The van der Waals surface area contributed by atoms with Crippen LogP contribution in [0.4, 0.5) is 0 Å². The number of carbonyl (C=O) groups excluding carboxylic acids is 1. The second-order valence-electron chi connectivity index (χ2n) is 5.87. The van der Waals surface area contributed by atoms with E-state index in [0.717, 1.165) is 5.56 Å². The van der Waals surface area contributed by atoms with Gasteiger partial charge in [0, 0.05) is 29.6 Å². The van der Waals surface area contributed by atoms with Crippen molar-refractivity contribution in [3.63, 3.8) is 0 Å². The molecule has 1 amide bonds. The lowest BCUT2D eigenvalue weighted by Crippen LogP contribution is -2.31. The van der Waals surface area contributed by atoms with Crippen LogP contribution in [0.3, 0.4) is 0 Å². The summed E-state index contributed by atoms with van der Waals surface area (Å²) in [6, 6.07) is 7.05. The fraction of sp³-hybridized carbons (Fsp3) is 0.118. The van der Waals surface area contributed by atoms with Crippen LogP contribution in [0.15, 0.2) is 36.8 Å². The standard InChI is InChI=1S/C17H14N6O4/c1-22-6-5-11(21-22)9-3-2-4-10-13(9)16-19-8-20-23(16)14(15(10)26)17(27)18-7-12(24)25/h2-6,8,26H,7H2,1H3,(H,18,27)(H,24,25). The quantitative estimate of drug-likeness (QED) is 0.486. The molecule has 0 saturated heterocycles. The van der Waals surface area contributed by atoms with Crippen LogP contribution in [-0.4, -0.2) is 53.0 Å². The van der Waals surface area contributed by atoms with Crippen molar-refractivity contribution < 1.29 is 19.8 Å². The van der Waals surface area contributed by atoms with Crippen LogP contribution < -0.4 is 5.32 Å². The zero-order valence-corrected chi connectivity index (χ0v) is 14.1. The zero-order chi connectivity index (χ0) is 19.1. The number of amides is 1. The first-order valence-electron chi connectivity index (χ1n) is 7.94. The summed E-state index contributed by atoms with van der Waals surface area (Å²) in [5.41, 5.74) is 1.56. The molecule has 0 aliphatic carbocycles. The van der Waals surface area contributed by atoms with Gasteiger partial charge in [0.05, 0.1) is 5.69 Å². The molecule has 0 atom stereocenters. The Labute approximate surface area is 151 Å². The number of carbonyl (C=O) groups is 2. The van der Waals surface area contributed by atoms with Gasteiger partial charge < -0.3 is 15.5 Å². The molecule has 0 bridgehead atoms. The number of aromatic hydroxyl groups is 1. The second kappa shape index (κ2) is 6.09. The third kappa shape index (κ3) is 2.63. The van der Waals surface area contributed by atoms with E-state index in [1.54, 1.807) is 30.1 Å². The maximum absolute atomic E-state index is 12.4. The molecule has 10 heteroatoms. The lowest BCUT2D eigenvalue weighted by Gasteiger charge is -2.12. The molecule has 4 rings (SSSR count). The number of pyridine rings is 1. The van der Waals surface area contributed by atoms with Crippen molar-refractivity contribution in [2.24, 2.45) is 7.05 Å². The van der Waals surface area contributed by atoms with E-state index in [-0.39, 0.29) is 11.4 Å². The largest absolute Gasteiger partial charge is 0.505 e. The smallest absolute Gasteiger partial charge is 0.322 e. The number of aliphatic carboxylic acids is 1. The third-order valence-electron chi connectivity index (χ3n) is 4.13. The van der Waals surface area contributed by atoms with Crippen LogP contribution in [0.2, 0.25) is 0 Å². The number of rotatable bonds is 4. The van der Waals surface area contributed by atoms with Gasteiger partial charge in [0.2, 0.25) is 0 Å². The van der Waals surface area contributed by atoms with E-state index in [9.17, 15) is 14.7 Å². The summed E-state index contributed by atoms with van der Waals surface area (Å²) in [6.07, 6.45) is 3.06. The number of hydrogen-bond donors (Lipinski definition) is 3. The predicted octanol–water partition coefficient (Wildman–Crippen LogP) is 0.803. The number of nitrogens with zero attached hydrogens (tertiary/aromatic N) is 5. The van der Waals surface area contributed by atoms with Crippen LogP contribution in [0.25, 0.3) is 27.7 Å². The van der Waals surface area contributed by atoms with Crippen molar-refractivity contribution in [2.45, 2.75) is 0 Å². The molecule has 3 heterocycles. The van der Waals surface area contributed by atoms with Gasteiger partial charge in [-0.05, 0) is 6.07 Å². The molecule has 3 N–H and O–H groups in total. The molecule has 0 saturated carbocycles. The van der Waals surface area contributed by atoms with E-state index in [1.807, 2.05) is 12.1 Å². The average molecular weight is 366 g/mol. The van der Waals surface area contributed by atoms with Crippen molar-refractivity contribution in [1.29, 1.82) is 0 Å². The number of hydrogen-bond acceptors (Lipinski definition) is 6. The lowest BCUT2D eigenvalue weighted by molar-refractivity contribution is -0.135. The summed E-state index contributed by atoms with van der Waals surface area (Å²) >= 11 is 0. The number of fused-ring (bicyclic) bond motifs is 3. The van der Waals surface area contributed by atoms with E-state index in [2.05, 4.69) is 20.5 Å². The molecule has 0 radical (unpaired) electrons. The highest BCUT2D eigenvalue weighted by Gasteiger charge is 2.24. The Bertz CT molecular complexity index is 1210. The Kier molecular flexibility index (Phi) is 3.73. The van der Waals surface area contributed by atoms with E-state index in [0.29, 0.717) is 22.1 Å². The molecular weight excluding hydrogens is 352 g/mol. The SMILES string of the molecule is Cn1ccc(-c2cccc3c(O)c(C(=O)NCC(=O)O)n4ncnc4c23)n1. The summed E-state index contributed by atoms with van der Waals surface area (Å²) in [5.74, 6) is -2.28. The number of benzene rings is 1. The van der Waals surface area contributed by atoms with Gasteiger partial charge in [-0.25, -0.2) is 9.50 Å². The summed E-state index contributed by atoms with van der Waals surface area (Å²) < 4.78 is 2.85. The molecule has 0 aliphatic heterocycles. The Balaban J connectivity index is 2.01. The fourth-order valence-corrected chi connectivity index (χ4v) is 3.01. The van der Waals surface area contributed by atoms with Crippen molar-refractivity contribution >= 4 is 28.3 Å². The number of carboxylic acids is 1. The molecular formula is C17H14N6O4. The number of carboxylic acid groups (broad SMARTS) is 1. The highest BCUT2D eigenvalue weighted by Crippen LogP contribution is 2.36. The van der Waals surface area contributed by atoms with Gasteiger partial charge in [-0.15, -0.1) is 0 Å². The number of nitrogens with one attached hydrogen (secondary N) is 1. The fourth-order valence-electron chi connectivity index (χ4n) is 3.01. The summed E-state index contributed by atoms with van der Waals surface area (Å²) in [6.45, 7) is -0.583. The lowest BCUT2D eigenvalue weighted by atomic mass is 10.0. The highest BCUT2D eigenvalue weighted by molar-refractivity contribution is 6.11. The third-order valence-corrected chi connectivity index (χ3v) is 4.13. The zero-order valence-electron chi connectivity index (χ0n) is 14.1. The maximum Gasteiger partial charge on any atom is 0.322 e. The van der Waals surface area contributed by atoms with Crippen molar-refractivity contribution in [2.75, 3.05) is 6.54 Å². The average Bonchev–Trinajstić information content (AvgIpc) is 3.28. The van der Waals surface area contributed by atoms with Gasteiger partial charge in [0.25, 0.3) is 5.91 Å². The first kappa shape index (κ1) is 16.5. The van der Waals surface area contributed by atoms with E-state index < -0.39 is 18.4 Å². The van der Waals surface area contributed by atoms with Crippen LogP contribution in [0.1, 0.15) is 10.5 Å². The topological polar surface area (TPSA) is 135 Å². The van der Waals surface area contributed by atoms with Crippen LogP contribution in [0.5, 0.6) is 5.75 Å². The molecule has 0 spiro atoms. The summed E-state index contributed by atoms with van der Waals surface area (Å²) in [4.78, 5) is 27.4.